The number of aromatic carboxylic acids is 1. The summed E-state index contributed by atoms with van der Waals surface area (Å²) in [6.07, 6.45) is 1.19. The van der Waals surface area contributed by atoms with Crippen LogP contribution in [0.1, 0.15) is 30.6 Å². The van der Waals surface area contributed by atoms with Gasteiger partial charge in [-0.05, 0) is 36.5 Å². The van der Waals surface area contributed by atoms with E-state index in [1.165, 1.54) is 6.42 Å². The van der Waals surface area contributed by atoms with Gasteiger partial charge in [-0.1, -0.05) is 29.8 Å². The van der Waals surface area contributed by atoms with Crippen molar-refractivity contribution < 1.29 is 9.90 Å². The molecule has 0 amide bonds. The summed E-state index contributed by atoms with van der Waals surface area (Å²) >= 11 is 3.38. The molecular formula is C14H18BrNO2. The zero-order valence-electron chi connectivity index (χ0n) is 10.7. The quantitative estimate of drug-likeness (QED) is 0.926. The van der Waals surface area contributed by atoms with E-state index in [0.29, 0.717) is 17.4 Å². The third-order valence-electron chi connectivity index (χ3n) is 3.66. The highest BCUT2D eigenvalue weighted by molar-refractivity contribution is 9.10. The summed E-state index contributed by atoms with van der Waals surface area (Å²) < 4.78 is 0.824. The van der Waals surface area contributed by atoms with Crippen molar-refractivity contribution in [1.29, 1.82) is 0 Å². The Labute approximate surface area is 116 Å². The number of carboxylic acid groups (broad SMARTS) is 1. The largest absolute Gasteiger partial charge is 0.478 e. The van der Waals surface area contributed by atoms with Crippen molar-refractivity contribution in [2.24, 2.45) is 11.8 Å². The highest BCUT2D eigenvalue weighted by atomic mass is 79.9. The fraction of sp³-hybridized carbons (Fsp3) is 0.500. The number of carbonyl (C=O) groups is 1. The van der Waals surface area contributed by atoms with Gasteiger partial charge in [0.1, 0.15) is 0 Å². The topological polar surface area (TPSA) is 40.5 Å². The number of halogens is 1. The molecule has 1 atom stereocenters. The van der Waals surface area contributed by atoms with Crippen LogP contribution in [0, 0.1) is 11.8 Å². The van der Waals surface area contributed by atoms with Gasteiger partial charge in [0.25, 0.3) is 0 Å². The number of benzene rings is 1. The first-order valence-electron chi connectivity index (χ1n) is 6.26. The number of rotatable bonds is 3. The lowest BCUT2D eigenvalue weighted by atomic mass is 9.95. The number of hydrogen-bond acceptors (Lipinski definition) is 2. The van der Waals surface area contributed by atoms with Gasteiger partial charge in [0.15, 0.2) is 0 Å². The lowest BCUT2D eigenvalue weighted by Crippen LogP contribution is -2.21. The zero-order chi connectivity index (χ0) is 13.3. The zero-order valence-corrected chi connectivity index (χ0v) is 12.3. The van der Waals surface area contributed by atoms with Crippen LogP contribution >= 0.6 is 15.9 Å². The SMILES string of the molecule is CC(C)C1CCN(c2cc(Br)cc(C(=O)O)c2)C1. The van der Waals surface area contributed by atoms with Crippen LogP contribution in [0.4, 0.5) is 5.69 Å². The van der Waals surface area contributed by atoms with Crippen molar-refractivity contribution in [2.45, 2.75) is 20.3 Å². The van der Waals surface area contributed by atoms with Gasteiger partial charge in [0.2, 0.25) is 0 Å². The van der Waals surface area contributed by atoms with Crippen molar-refractivity contribution in [3.05, 3.63) is 28.2 Å². The van der Waals surface area contributed by atoms with E-state index in [9.17, 15) is 4.79 Å². The van der Waals surface area contributed by atoms with Crippen LogP contribution in [0.25, 0.3) is 0 Å². The van der Waals surface area contributed by atoms with Crippen LogP contribution in [0.2, 0.25) is 0 Å². The minimum atomic E-state index is -0.878. The summed E-state index contributed by atoms with van der Waals surface area (Å²) in [5, 5.41) is 9.08. The van der Waals surface area contributed by atoms with Gasteiger partial charge in [-0.2, -0.15) is 0 Å². The van der Waals surface area contributed by atoms with Crippen LogP contribution in [-0.2, 0) is 0 Å². The first-order valence-corrected chi connectivity index (χ1v) is 7.05. The monoisotopic (exact) mass is 311 g/mol. The molecule has 1 saturated heterocycles. The lowest BCUT2D eigenvalue weighted by Gasteiger charge is -2.20. The predicted molar refractivity (Wildman–Crippen MR) is 76.3 cm³/mol. The molecule has 0 radical (unpaired) electrons. The maximum Gasteiger partial charge on any atom is 0.335 e. The van der Waals surface area contributed by atoms with Crippen molar-refractivity contribution in [3.63, 3.8) is 0 Å². The molecule has 1 N–H and O–H groups in total. The van der Waals surface area contributed by atoms with Crippen molar-refractivity contribution in [3.8, 4) is 0 Å². The minimum Gasteiger partial charge on any atom is -0.478 e. The summed E-state index contributed by atoms with van der Waals surface area (Å²) in [6, 6.07) is 5.40. The molecule has 0 spiro atoms. The van der Waals surface area contributed by atoms with Gasteiger partial charge in [-0.15, -0.1) is 0 Å². The minimum absolute atomic E-state index is 0.340. The third-order valence-corrected chi connectivity index (χ3v) is 4.12. The average molecular weight is 312 g/mol. The van der Waals surface area contributed by atoms with Crippen LogP contribution in [-0.4, -0.2) is 24.2 Å². The number of nitrogens with zero attached hydrogens (tertiary/aromatic N) is 1. The highest BCUT2D eigenvalue weighted by Crippen LogP contribution is 2.30. The van der Waals surface area contributed by atoms with Gasteiger partial charge < -0.3 is 10.0 Å². The second-order valence-corrected chi connectivity index (χ2v) is 6.16. The predicted octanol–water partition coefficient (Wildman–Crippen LogP) is 3.63. The van der Waals surface area contributed by atoms with E-state index in [1.54, 1.807) is 12.1 Å². The molecule has 1 unspecified atom stereocenters. The summed E-state index contributed by atoms with van der Waals surface area (Å²) in [5.74, 6) is 0.510. The maximum atomic E-state index is 11.1. The molecule has 1 aliphatic heterocycles. The number of hydrogen-bond donors (Lipinski definition) is 1. The van der Waals surface area contributed by atoms with E-state index >= 15 is 0 Å². The summed E-state index contributed by atoms with van der Waals surface area (Å²) in [6.45, 7) is 6.53. The molecular weight excluding hydrogens is 294 g/mol. The molecule has 0 saturated carbocycles. The Morgan fingerprint density at radius 3 is 2.72 bits per heavy atom. The van der Waals surface area contributed by atoms with Crippen molar-refractivity contribution in [1.82, 2.24) is 0 Å². The van der Waals surface area contributed by atoms with E-state index in [1.807, 2.05) is 6.07 Å². The molecule has 0 aromatic heterocycles. The van der Waals surface area contributed by atoms with E-state index in [2.05, 4.69) is 34.7 Å². The Hall–Kier alpha value is -1.03. The first-order chi connectivity index (χ1) is 8.47. The molecule has 98 valence electrons. The van der Waals surface area contributed by atoms with E-state index < -0.39 is 5.97 Å². The fourth-order valence-electron chi connectivity index (χ4n) is 2.45. The van der Waals surface area contributed by atoms with Crippen molar-refractivity contribution >= 4 is 27.6 Å². The Morgan fingerprint density at radius 1 is 1.44 bits per heavy atom. The van der Waals surface area contributed by atoms with Gasteiger partial charge in [0.05, 0.1) is 5.56 Å². The molecule has 1 aromatic rings. The van der Waals surface area contributed by atoms with Gasteiger partial charge in [0, 0.05) is 23.2 Å². The molecule has 2 rings (SSSR count). The molecule has 18 heavy (non-hydrogen) atoms. The third kappa shape index (κ3) is 2.86. The highest BCUT2D eigenvalue weighted by Gasteiger charge is 2.25. The maximum absolute atomic E-state index is 11.1. The molecule has 0 bridgehead atoms. The summed E-state index contributed by atoms with van der Waals surface area (Å²) in [4.78, 5) is 13.3. The van der Waals surface area contributed by atoms with Crippen LogP contribution < -0.4 is 4.90 Å². The van der Waals surface area contributed by atoms with Crippen LogP contribution in [0.15, 0.2) is 22.7 Å². The van der Waals surface area contributed by atoms with E-state index in [-0.39, 0.29) is 0 Å². The average Bonchev–Trinajstić information content (AvgIpc) is 2.77. The number of carboxylic acids is 1. The summed E-state index contributed by atoms with van der Waals surface area (Å²) in [7, 11) is 0. The summed E-state index contributed by atoms with van der Waals surface area (Å²) in [5.41, 5.74) is 1.34. The van der Waals surface area contributed by atoms with Gasteiger partial charge in [-0.25, -0.2) is 4.79 Å². The normalized spacial score (nSPS) is 19.6. The fourth-order valence-corrected chi connectivity index (χ4v) is 2.93. The molecule has 0 aliphatic carbocycles. The first kappa shape index (κ1) is 13.4. The van der Waals surface area contributed by atoms with E-state index in [0.717, 1.165) is 23.2 Å². The molecule has 1 fully saturated rings. The smallest absolute Gasteiger partial charge is 0.335 e. The molecule has 1 aromatic carbocycles. The van der Waals surface area contributed by atoms with Crippen molar-refractivity contribution in [2.75, 3.05) is 18.0 Å². The molecule has 1 aliphatic rings. The molecule has 4 heteroatoms. The van der Waals surface area contributed by atoms with Crippen LogP contribution in [0.3, 0.4) is 0 Å². The Bertz CT molecular complexity index is 459. The Balaban J connectivity index is 2.21. The molecule has 1 heterocycles. The number of anilines is 1. The second-order valence-electron chi connectivity index (χ2n) is 5.24. The van der Waals surface area contributed by atoms with Crippen LogP contribution in [0.5, 0.6) is 0 Å². The molecule has 3 nitrogen and oxygen atoms in total. The second kappa shape index (κ2) is 5.31. The standard InChI is InChI=1S/C14H18BrNO2/c1-9(2)10-3-4-16(8-10)13-6-11(14(17)18)5-12(15)7-13/h5-7,9-10H,3-4,8H2,1-2H3,(H,17,18). The Kier molecular flexibility index (Phi) is 3.95. The van der Waals surface area contributed by atoms with E-state index in [4.69, 9.17) is 5.11 Å². The van der Waals surface area contributed by atoms with Gasteiger partial charge >= 0.3 is 5.97 Å². The Morgan fingerprint density at radius 2 is 2.17 bits per heavy atom. The lowest BCUT2D eigenvalue weighted by molar-refractivity contribution is 0.0697. The van der Waals surface area contributed by atoms with Gasteiger partial charge in [-0.3, -0.25) is 0 Å².